The van der Waals surface area contributed by atoms with E-state index in [2.05, 4.69) is 10.6 Å². The minimum Gasteiger partial charge on any atom is -0.376 e. The lowest BCUT2D eigenvalue weighted by molar-refractivity contribution is -0.122. The quantitative estimate of drug-likeness (QED) is 0.644. The largest absolute Gasteiger partial charge is 0.376 e. The van der Waals surface area contributed by atoms with Gasteiger partial charge in [0.2, 0.25) is 5.91 Å². The number of ether oxygens (including phenoxy) is 1. The van der Waals surface area contributed by atoms with E-state index in [1.807, 2.05) is 14.0 Å². The van der Waals surface area contributed by atoms with Gasteiger partial charge in [-0.2, -0.15) is 0 Å². The second-order valence-corrected chi connectivity index (χ2v) is 3.39. The van der Waals surface area contributed by atoms with E-state index < -0.39 is 0 Å². The van der Waals surface area contributed by atoms with Crippen molar-refractivity contribution in [2.75, 3.05) is 20.2 Å². The van der Waals surface area contributed by atoms with Gasteiger partial charge in [-0.1, -0.05) is 0 Å². The third-order valence-corrected chi connectivity index (χ3v) is 2.32. The van der Waals surface area contributed by atoms with Crippen molar-refractivity contribution in [2.45, 2.75) is 31.9 Å². The summed E-state index contributed by atoms with van der Waals surface area (Å²) in [6.45, 7) is 3.49. The van der Waals surface area contributed by atoms with Crippen LogP contribution in [0.25, 0.3) is 0 Å². The van der Waals surface area contributed by atoms with Crippen LogP contribution in [0.2, 0.25) is 0 Å². The van der Waals surface area contributed by atoms with E-state index in [4.69, 9.17) is 4.74 Å². The molecule has 13 heavy (non-hydrogen) atoms. The molecule has 2 atom stereocenters. The molecule has 0 radical (unpaired) electrons. The van der Waals surface area contributed by atoms with E-state index in [9.17, 15) is 4.79 Å². The molecular weight excluding hydrogens is 168 g/mol. The minimum atomic E-state index is 0.108. The highest BCUT2D eigenvalue weighted by Crippen LogP contribution is 2.12. The summed E-state index contributed by atoms with van der Waals surface area (Å²) in [6, 6.07) is 0.212. The molecule has 1 aliphatic rings. The summed E-state index contributed by atoms with van der Waals surface area (Å²) in [7, 11) is 1.84. The van der Waals surface area contributed by atoms with Crippen LogP contribution in [0.3, 0.4) is 0 Å². The Bertz CT molecular complexity index is 173. The van der Waals surface area contributed by atoms with Gasteiger partial charge in [0.1, 0.15) is 0 Å². The molecule has 0 saturated carbocycles. The summed E-state index contributed by atoms with van der Waals surface area (Å²) in [5, 5.41) is 5.90. The molecule has 76 valence electrons. The van der Waals surface area contributed by atoms with Crippen molar-refractivity contribution in [2.24, 2.45) is 0 Å². The molecule has 0 aliphatic carbocycles. The molecule has 0 aromatic rings. The third kappa shape index (κ3) is 3.32. The van der Waals surface area contributed by atoms with Crippen LogP contribution in [0.4, 0.5) is 0 Å². The first-order chi connectivity index (χ1) is 6.24. The second-order valence-electron chi connectivity index (χ2n) is 3.39. The van der Waals surface area contributed by atoms with Gasteiger partial charge in [-0.05, 0) is 20.4 Å². The molecular formula is C9H18N2O2. The Balaban J connectivity index is 2.19. The van der Waals surface area contributed by atoms with Crippen molar-refractivity contribution in [3.05, 3.63) is 0 Å². The van der Waals surface area contributed by atoms with Gasteiger partial charge >= 0.3 is 0 Å². The molecule has 1 rings (SSSR count). The standard InChI is InChI=1S/C9H18N2O2/c1-7-8(4-6-13-7)11-9(12)3-5-10-2/h7-8,10H,3-6H2,1-2H3,(H,11,12). The Morgan fingerprint density at radius 2 is 2.38 bits per heavy atom. The molecule has 0 bridgehead atoms. The zero-order chi connectivity index (χ0) is 9.68. The van der Waals surface area contributed by atoms with Crippen molar-refractivity contribution in [1.29, 1.82) is 0 Å². The number of carbonyl (C=O) groups excluding carboxylic acids is 1. The summed E-state index contributed by atoms with van der Waals surface area (Å²) in [5.74, 6) is 0.108. The molecule has 4 heteroatoms. The fourth-order valence-electron chi connectivity index (χ4n) is 1.44. The van der Waals surface area contributed by atoms with E-state index in [0.29, 0.717) is 6.42 Å². The number of nitrogens with one attached hydrogen (secondary N) is 2. The average molecular weight is 186 g/mol. The predicted molar refractivity (Wildman–Crippen MR) is 50.5 cm³/mol. The lowest BCUT2D eigenvalue weighted by Crippen LogP contribution is -2.39. The predicted octanol–water partition coefficient (Wildman–Crippen LogP) is -0.110. The van der Waals surface area contributed by atoms with E-state index in [1.54, 1.807) is 0 Å². The van der Waals surface area contributed by atoms with Crippen molar-refractivity contribution < 1.29 is 9.53 Å². The highest BCUT2D eigenvalue weighted by atomic mass is 16.5. The topological polar surface area (TPSA) is 50.4 Å². The average Bonchev–Trinajstić information content (AvgIpc) is 2.48. The highest BCUT2D eigenvalue weighted by Gasteiger charge is 2.25. The number of carbonyl (C=O) groups is 1. The molecule has 0 spiro atoms. The van der Waals surface area contributed by atoms with Gasteiger partial charge < -0.3 is 15.4 Å². The first kappa shape index (κ1) is 10.5. The zero-order valence-corrected chi connectivity index (χ0v) is 8.30. The van der Waals surface area contributed by atoms with Gasteiger partial charge in [-0.25, -0.2) is 0 Å². The molecule has 0 aromatic heterocycles. The van der Waals surface area contributed by atoms with Gasteiger partial charge in [-0.3, -0.25) is 4.79 Å². The first-order valence-electron chi connectivity index (χ1n) is 4.79. The van der Waals surface area contributed by atoms with Crippen LogP contribution in [0.1, 0.15) is 19.8 Å². The number of hydrogen-bond acceptors (Lipinski definition) is 3. The van der Waals surface area contributed by atoms with Crippen molar-refractivity contribution in [1.82, 2.24) is 10.6 Å². The fraction of sp³-hybridized carbons (Fsp3) is 0.889. The Morgan fingerprint density at radius 3 is 2.92 bits per heavy atom. The van der Waals surface area contributed by atoms with Crippen molar-refractivity contribution in [3.8, 4) is 0 Å². The first-order valence-corrected chi connectivity index (χ1v) is 4.79. The summed E-state index contributed by atoms with van der Waals surface area (Å²) in [6.07, 6.45) is 1.64. The molecule has 1 heterocycles. The summed E-state index contributed by atoms with van der Waals surface area (Å²) < 4.78 is 5.34. The maximum atomic E-state index is 11.3. The van der Waals surface area contributed by atoms with Crippen LogP contribution in [0.5, 0.6) is 0 Å². The SMILES string of the molecule is CNCCC(=O)NC1CCOC1C. The van der Waals surface area contributed by atoms with Gasteiger partial charge in [0.25, 0.3) is 0 Å². The van der Waals surface area contributed by atoms with Crippen molar-refractivity contribution in [3.63, 3.8) is 0 Å². The summed E-state index contributed by atoms with van der Waals surface area (Å²) in [5.41, 5.74) is 0. The summed E-state index contributed by atoms with van der Waals surface area (Å²) >= 11 is 0. The smallest absolute Gasteiger partial charge is 0.221 e. The zero-order valence-electron chi connectivity index (χ0n) is 8.30. The van der Waals surface area contributed by atoms with Crippen LogP contribution in [0, 0.1) is 0 Å². The van der Waals surface area contributed by atoms with Gasteiger partial charge in [0, 0.05) is 19.6 Å². The van der Waals surface area contributed by atoms with Crippen LogP contribution >= 0.6 is 0 Å². The number of amides is 1. The number of rotatable bonds is 4. The maximum Gasteiger partial charge on any atom is 0.221 e. The monoisotopic (exact) mass is 186 g/mol. The molecule has 2 unspecified atom stereocenters. The second kappa shape index (κ2) is 5.19. The Kier molecular flexibility index (Phi) is 4.18. The normalized spacial score (nSPS) is 27.5. The van der Waals surface area contributed by atoms with E-state index in [-0.39, 0.29) is 18.1 Å². The van der Waals surface area contributed by atoms with Gasteiger partial charge in [-0.15, -0.1) is 0 Å². The Hall–Kier alpha value is -0.610. The van der Waals surface area contributed by atoms with E-state index >= 15 is 0 Å². The maximum absolute atomic E-state index is 11.3. The van der Waals surface area contributed by atoms with Crippen LogP contribution < -0.4 is 10.6 Å². The molecule has 2 N–H and O–H groups in total. The van der Waals surface area contributed by atoms with Crippen LogP contribution in [-0.4, -0.2) is 38.3 Å². The van der Waals surface area contributed by atoms with Crippen LogP contribution in [-0.2, 0) is 9.53 Å². The summed E-state index contributed by atoms with van der Waals surface area (Å²) in [4.78, 5) is 11.3. The lowest BCUT2D eigenvalue weighted by Gasteiger charge is -2.15. The van der Waals surface area contributed by atoms with Crippen molar-refractivity contribution >= 4 is 5.91 Å². The van der Waals surface area contributed by atoms with Gasteiger partial charge in [0.15, 0.2) is 0 Å². The Morgan fingerprint density at radius 1 is 1.62 bits per heavy atom. The Labute approximate surface area is 79.0 Å². The molecule has 1 aliphatic heterocycles. The molecule has 0 aromatic carbocycles. The molecule has 4 nitrogen and oxygen atoms in total. The molecule has 1 amide bonds. The highest BCUT2D eigenvalue weighted by molar-refractivity contribution is 5.76. The minimum absolute atomic E-state index is 0.108. The fourth-order valence-corrected chi connectivity index (χ4v) is 1.44. The molecule has 1 fully saturated rings. The lowest BCUT2D eigenvalue weighted by atomic mass is 10.1. The molecule has 1 saturated heterocycles. The van der Waals surface area contributed by atoms with Crippen LogP contribution in [0.15, 0.2) is 0 Å². The van der Waals surface area contributed by atoms with Gasteiger partial charge in [0.05, 0.1) is 12.1 Å². The van der Waals surface area contributed by atoms with E-state index in [0.717, 1.165) is 19.6 Å². The van der Waals surface area contributed by atoms with E-state index in [1.165, 1.54) is 0 Å². The third-order valence-electron chi connectivity index (χ3n) is 2.32. The number of hydrogen-bond donors (Lipinski definition) is 2.